The normalized spacial score (nSPS) is 13.5. The van der Waals surface area contributed by atoms with Gasteiger partial charge in [-0.25, -0.2) is 8.42 Å². The van der Waals surface area contributed by atoms with E-state index in [1.165, 1.54) is 18.2 Å². The van der Waals surface area contributed by atoms with Crippen molar-refractivity contribution in [2.24, 2.45) is 5.41 Å². The number of hydrogen-bond donors (Lipinski definition) is 0. The first-order valence-electron chi connectivity index (χ1n) is 7.80. The van der Waals surface area contributed by atoms with Crippen molar-refractivity contribution in [3.8, 4) is 0 Å². The van der Waals surface area contributed by atoms with Crippen LogP contribution in [0.15, 0.2) is 53.4 Å². The molecule has 0 radical (unpaired) electrons. The van der Waals surface area contributed by atoms with Crippen molar-refractivity contribution in [2.75, 3.05) is 0 Å². The molecule has 0 spiro atoms. The Bertz CT molecular complexity index is 869. The highest BCUT2D eigenvalue weighted by Gasteiger charge is 2.35. The standard InChI is InChI=1S/C19H20Cl2O3S/c1-19(2,3)18(22)12-17(15-10-9-13(20)11-16(15)21)25(23,24)14-7-5-4-6-8-14/h4-11,17H,12H2,1-3H3. The van der Waals surface area contributed by atoms with Crippen LogP contribution in [0.2, 0.25) is 10.0 Å². The van der Waals surface area contributed by atoms with Gasteiger partial charge >= 0.3 is 0 Å². The second-order valence-electron chi connectivity index (χ2n) is 6.89. The third-order valence-electron chi connectivity index (χ3n) is 3.96. The number of ketones is 1. The second kappa shape index (κ2) is 7.48. The van der Waals surface area contributed by atoms with E-state index in [1.54, 1.807) is 51.1 Å². The van der Waals surface area contributed by atoms with E-state index >= 15 is 0 Å². The van der Waals surface area contributed by atoms with E-state index in [0.717, 1.165) is 0 Å². The predicted molar refractivity (Wildman–Crippen MR) is 102 cm³/mol. The summed E-state index contributed by atoms with van der Waals surface area (Å²) in [6, 6.07) is 12.7. The van der Waals surface area contributed by atoms with E-state index in [1.807, 2.05) is 0 Å². The molecule has 0 bridgehead atoms. The smallest absolute Gasteiger partial charge is 0.185 e. The molecule has 3 nitrogen and oxygen atoms in total. The molecule has 0 aromatic heterocycles. The van der Waals surface area contributed by atoms with Crippen molar-refractivity contribution in [1.29, 1.82) is 0 Å². The first kappa shape index (κ1) is 20.0. The minimum Gasteiger partial charge on any atom is -0.299 e. The van der Waals surface area contributed by atoms with Gasteiger partial charge in [0.2, 0.25) is 0 Å². The molecule has 2 aromatic carbocycles. The first-order chi connectivity index (χ1) is 11.5. The molecule has 25 heavy (non-hydrogen) atoms. The van der Waals surface area contributed by atoms with Gasteiger partial charge in [-0.05, 0) is 29.8 Å². The molecule has 0 heterocycles. The summed E-state index contributed by atoms with van der Waals surface area (Å²) in [7, 11) is -3.79. The Labute approximate surface area is 158 Å². The predicted octanol–water partition coefficient (Wildman–Crippen LogP) is 5.51. The Morgan fingerprint density at radius 2 is 1.64 bits per heavy atom. The van der Waals surface area contributed by atoms with Crippen LogP contribution in [0.3, 0.4) is 0 Å². The summed E-state index contributed by atoms with van der Waals surface area (Å²) >= 11 is 12.2. The zero-order chi connectivity index (χ0) is 18.8. The molecule has 2 rings (SSSR count). The third kappa shape index (κ3) is 4.63. The van der Waals surface area contributed by atoms with Gasteiger partial charge in [0.25, 0.3) is 0 Å². The Hall–Kier alpha value is -1.36. The molecule has 6 heteroatoms. The minimum absolute atomic E-state index is 0.150. The lowest BCUT2D eigenvalue weighted by Crippen LogP contribution is -2.26. The van der Waals surface area contributed by atoms with Gasteiger partial charge < -0.3 is 0 Å². The molecule has 1 unspecified atom stereocenters. The number of sulfone groups is 1. The highest BCUT2D eigenvalue weighted by Crippen LogP contribution is 2.38. The number of carbonyl (C=O) groups excluding carboxylic acids is 1. The molecule has 134 valence electrons. The average molecular weight is 399 g/mol. The van der Waals surface area contributed by atoms with Gasteiger partial charge in [-0.2, -0.15) is 0 Å². The van der Waals surface area contributed by atoms with Gasteiger partial charge in [0.15, 0.2) is 9.84 Å². The third-order valence-corrected chi connectivity index (χ3v) is 6.62. The quantitative estimate of drug-likeness (QED) is 0.666. The van der Waals surface area contributed by atoms with Gasteiger partial charge in [-0.15, -0.1) is 0 Å². The van der Waals surface area contributed by atoms with Crippen molar-refractivity contribution in [3.05, 3.63) is 64.1 Å². The van der Waals surface area contributed by atoms with E-state index in [-0.39, 0.29) is 22.1 Å². The van der Waals surface area contributed by atoms with Crippen molar-refractivity contribution in [1.82, 2.24) is 0 Å². The molecule has 0 aliphatic rings. The van der Waals surface area contributed by atoms with Crippen LogP contribution < -0.4 is 0 Å². The lowest BCUT2D eigenvalue weighted by molar-refractivity contribution is -0.126. The maximum Gasteiger partial charge on any atom is 0.185 e. The Kier molecular flexibility index (Phi) is 5.97. The SMILES string of the molecule is CC(C)(C)C(=O)CC(c1ccc(Cl)cc1Cl)S(=O)(=O)c1ccccc1. The van der Waals surface area contributed by atoms with Gasteiger partial charge in [0, 0.05) is 21.9 Å². The summed E-state index contributed by atoms with van der Waals surface area (Å²) in [4.78, 5) is 12.7. The Balaban J connectivity index is 2.58. The summed E-state index contributed by atoms with van der Waals surface area (Å²) in [5.41, 5.74) is -0.267. The number of halogens is 2. The van der Waals surface area contributed by atoms with Crippen LogP contribution in [0, 0.1) is 5.41 Å². The fraction of sp³-hybridized carbons (Fsp3) is 0.316. The summed E-state index contributed by atoms with van der Waals surface area (Å²) in [6.07, 6.45) is -0.151. The zero-order valence-corrected chi connectivity index (χ0v) is 16.6. The lowest BCUT2D eigenvalue weighted by atomic mass is 9.87. The van der Waals surface area contributed by atoms with Crippen molar-refractivity contribution in [3.63, 3.8) is 0 Å². The average Bonchev–Trinajstić information content (AvgIpc) is 2.53. The molecule has 0 aliphatic carbocycles. The van der Waals surface area contributed by atoms with E-state index in [0.29, 0.717) is 10.6 Å². The molecule has 0 N–H and O–H groups in total. The fourth-order valence-electron chi connectivity index (χ4n) is 2.40. The maximum absolute atomic E-state index is 13.2. The molecule has 0 aliphatic heterocycles. The van der Waals surface area contributed by atoms with E-state index in [9.17, 15) is 13.2 Å². The fourth-order valence-corrected chi connectivity index (χ4v) is 4.78. The Morgan fingerprint density at radius 1 is 1.04 bits per heavy atom. The largest absolute Gasteiger partial charge is 0.299 e. The summed E-state index contributed by atoms with van der Waals surface area (Å²) < 4.78 is 26.4. The number of benzene rings is 2. The minimum atomic E-state index is -3.79. The number of Topliss-reactive ketones (excluding diaryl/α,β-unsaturated/α-hetero) is 1. The van der Waals surface area contributed by atoms with Crippen LogP contribution in [0.1, 0.15) is 38.0 Å². The van der Waals surface area contributed by atoms with E-state index in [4.69, 9.17) is 23.2 Å². The van der Waals surface area contributed by atoms with Crippen LogP contribution >= 0.6 is 23.2 Å². The van der Waals surface area contributed by atoms with Crippen LogP contribution in [0.25, 0.3) is 0 Å². The van der Waals surface area contributed by atoms with Crippen molar-refractivity contribution in [2.45, 2.75) is 37.3 Å². The van der Waals surface area contributed by atoms with Gasteiger partial charge in [-0.1, -0.05) is 68.2 Å². The molecule has 2 aromatic rings. The summed E-state index contributed by atoms with van der Waals surface area (Å²) in [5.74, 6) is -0.150. The molecule has 1 atom stereocenters. The molecular weight excluding hydrogens is 379 g/mol. The van der Waals surface area contributed by atoms with Gasteiger partial charge in [0.05, 0.1) is 10.1 Å². The first-order valence-corrected chi connectivity index (χ1v) is 10.1. The van der Waals surface area contributed by atoms with Crippen LogP contribution in [-0.2, 0) is 14.6 Å². The molecule has 0 saturated heterocycles. The topological polar surface area (TPSA) is 51.2 Å². The second-order valence-corrected chi connectivity index (χ2v) is 9.86. The molecule has 0 amide bonds. The highest BCUT2D eigenvalue weighted by molar-refractivity contribution is 7.91. The zero-order valence-electron chi connectivity index (χ0n) is 14.3. The van der Waals surface area contributed by atoms with Gasteiger partial charge in [-0.3, -0.25) is 4.79 Å². The number of carbonyl (C=O) groups is 1. The van der Waals surface area contributed by atoms with E-state index < -0.39 is 20.5 Å². The maximum atomic E-state index is 13.2. The van der Waals surface area contributed by atoms with Crippen LogP contribution in [0.4, 0.5) is 0 Å². The number of rotatable bonds is 5. The van der Waals surface area contributed by atoms with Gasteiger partial charge in [0.1, 0.15) is 5.78 Å². The lowest BCUT2D eigenvalue weighted by Gasteiger charge is -2.23. The van der Waals surface area contributed by atoms with Crippen LogP contribution in [0.5, 0.6) is 0 Å². The Morgan fingerprint density at radius 3 is 2.16 bits per heavy atom. The van der Waals surface area contributed by atoms with Crippen molar-refractivity contribution >= 4 is 38.8 Å². The van der Waals surface area contributed by atoms with E-state index in [2.05, 4.69) is 0 Å². The molecule has 0 fully saturated rings. The monoisotopic (exact) mass is 398 g/mol. The number of hydrogen-bond acceptors (Lipinski definition) is 3. The van der Waals surface area contributed by atoms with Crippen molar-refractivity contribution < 1.29 is 13.2 Å². The molecular formula is C19H20Cl2O3S. The molecule has 0 saturated carbocycles. The summed E-state index contributed by atoms with van der Waals surface area (Å²) in [6.45, 7) is 5.31. The summed E-state index contributed by atoms with van der Waals surface area (Å²) in [5, 5.41) is -0.420. The van der Waals surface area contributed by atoms with Crippen LogP contribution in [-0.4, -0.2) is 14.2 Å². The highest BCUT2D eigenvalue weighted by atomic mass is 35.5.